The molecule has 0 atom stereocenters. The fourth-order valence-electron chi connectivity index (χ4n) is 3.25. The zero-order chi connectivity index (χ0) is 20.4. The lowest BCUT2D eigenvalue weighted by atomic mass is 10.3. The minimum atomic E-state index is -0.146. The van der Waals surface area contributed by atoms with Gasteiger partial charge in [0.1, 0.15) is 5.52 Å². The van der Waals surface area contributed by atoms with Crippen LogP contribution >= 0.6 is 22.9 Å². The van der Waals surface area contributed by atoms with E-state index in [-0.39, 0.29) is 11.9 Å². The third-order valence-corrected chi connectivity index (χ3v) is 6.28. The number of anilines is 1. The first kappa shape index (κ1) is 20.3. The second-order valence-electron chi connectivity index (χ2n) is 7.27. The maximum Gasteiger partial charge on any atom is 0.280 e. The lowest BCUT2D eigenvalue weighted by molar-refractivity contribution is 0.0391. The predicted molar refractivity (Wildman–Crippen MR) is 116 cm³/mol. The summed E-state index contributed by atoms with van der Waals surface area (Å²) < 4.78 is 8.18. The third kappa shape index (κ3) is 4.45. The zero-order valence-electron chi connectivity index (χ0n) is 16.5. The molecule has 0 spiro atoms. The van der Waals surface area contributed by atoms with Gasteiger partial charge in [-0.15, -0.1) is 0 Å². The van der Waals surface area contributed by atoms with E-state index < -0.39 is 0 Å². The second-order valence-corrected chi connectivity index (χ2v) is 8.68. The van der Waals surface area contributed by atoms with Crippen LogP contribution in [0.15, 0.2) is 30.5 Å². The number of hydrogen-bond acceptors (Lipinski definition) is 6. The van der Waals surface area contributed by atoms with Crippen LogP contribution in [0, 0.1) is 0 Å². The van der Waals surface area contributed by atoms with E-state index in [2.05, 4.69) is 15.0 Å². The molecule has 1 amide bonds. The molecule has 9 heteroatoms. The Morgan fingerprint density at radius 2 is 2.10 bits per heavy atom. The zero-order valence-corrected chi connectivity index (χ0v) is 18.1. The summed E-state index contributed by atoms with van der Waals surface area (Å²) in [5, 5.41) is 5.70. The van der Waals surface area contributed by atoms with Crippen LogP contribution in [0.3, 0.4) is 0 Å². The van der Waals surface area contributed by atoms with E-state index in [1.807, 2.05) is 38.2 Å². The minimum Gasteiger partial charge on any atom is -0.379 e. The van der Waals surface area contributed by atoms with Crippen molar-refractivity contribution in [2.45, 2.75) is 19.9 Å². The van der Waals surface area contributed by atoms with E-state index in [0.717, 1.165) is 43.1 Å². The molecule has 0 saturated carbocycles. The van der Waals surface area contributed by atoms with Crippen LogP contribution in [0.4, 0.5) is 5.13 Å². The molecule has 0 bridgehead atoms. The molecule has 2 aromatic heterocycles. The van der Waals surface area contributed by atoms with Gasteiger partial charge in [-0.3, -0.25) is 19.3 Å². The fourth-order valence-corrected chi connectivity index (χ4v) is 4.54. The molecule has 29 heavy (non-hydrogen) atoms. The average Bonchev–Trinajstić information content (AvgIpc) is 3.37. The van der Waals surface area contributed by atoms with E-state index in [0.29, 0.717) is 22.4 Å². The molecule has 154 valence electrons. The monoisotopic (exact) mass is 433 g/mol. The highest BCUT2D eigenvalue weighted by atomic mass is 35.5. The van der Waals surface area contributed by atoms with Crippen LogP contribution < -0.4 is 4.90 Å². The van der Waals surface area contributed by atoms with Crippen molar-refractivity contribution >= 4 is 44.2 Å². The summed E-state index contributed by atoms with van der Waals surface area (Å²) in [5.41, 5.74) is 1.15. The number of halogens is 1. The number of carbonyl (C=O) groups is 1. The van der Waals surface area contributed by atoms with Crippen molar-refractivity contribution in [1.82, 2.24) is 19.7 Å². The highest BCUT2D eigenvalue weighted by molar-refractivity contribution is 7.22. The molecule has 0 unspecified atom stereocenters. The Kier molecular flexibility index (Phi) is 6.15. The molecule has 3 heterocycles. The number of benzene rings is 1. The van der Waals surface area contributed by atoms with Gasteiger partial charge in [-0.1, -0.05) is 29.0 Å². The molecule has 4 rings (SSSR count). The summed E-state index contributed by atoms with van der Waals surface area (Å²) in [4.78, 5) is 22.1. The lowest BCUT2D eigenvalue weighted by Gasteiger charge is -2.29. The van der Waals surface area contributed by atoms with Gasteiger partial charge in [-0.05, 0) is 32.0 Å². The summed E-state index contributed by atoms with van der Waals surface area (Å²) in [6, 6.07) is 7.65. The number of morpholine rings is 1. The summed E-state index contributed by atoms with van der Waals surface area (Å²) in [5.74, 6) is -0.146. The number of rotatable bonds is 6. The molecule has 3 aromatic rings. The molecule has 1 aromatic carbocycles. The quantitative estimate of drug-likeness (QED) is 0.593. The number of carbonyl (C=O) groups excluding carboxylic acids is 1. The average molecular weight is 434 g/mol. The molecule has 0 aliphatic carbocycles. The Morgan fingerprint density at radius 1 is 1.31 bits per heavy atom. The molecule has 0 N–H and O–H groups in total. The van der Waals surface area contributed by atoms with Crippen LogP contribution in [0.2, 0.25) is 5.02 Å². The van der Waals surface area contributed by atoms with E-state index >= 15 is 0 Å². The summed E-state index contributed by atoms with van der Waals surface area (Å²) in [7, 11) is 0. The molecule has 1 fully saturated rings. The normalized spacial score (nSPS) is 15.3. The number of thiazole rings is 1. The van der Waals surface area contributed by atoms with Crippen molar-refractivity contribution in [2.75, 3.05) is 44.3 Å². The van der Waals surface area contributed by atoms with Gasteiger partial charge in [0, 0.05) is 38.4 Å². The SMILES string of the molecule is CC(C)n1ccc(C(=O)N(CCN2CCOCC2)c2nc3c(Cl)cccc3s2)n1. The summed E-state index contributed by atoms with van der Waals surface area (Å²) >= 11 is 7.79. The highest BCUT2D eigenvalue weighted by Crippen LogP contribution is 2.33. The number of nitrogens with zero attached hydrogens (tertiary/aromatic N) is 5. The van der Waals surface area contributed by atoms with E-state index in [4.69, 9.17) is 16.3 Å². The molecule has 7 nitrogen and oxygen atoms in total. The smallest absolute Gasteiger partial charge is 0.280 e. The number of aromatic nitrogens is 3. The number of hydrogen-bond donors (Lipinski definition) is 0. The van der Waals surface area contributed by atoms with Crippen LogP contribution in [-0.2, 0) is 4.74 Å². The van der Waals surface area contributed by atoms with Crippen LogP contribution in [0.5, 0.6) is 0 Å². The molecule has 1 aliphatic rings. The lowest BCUT2D eigenvalue weighted by Crippen LogP contribution is -2.43. The van der Waals surface area contributed by atoms with Gasteiger partial charge in [0.25, 0.3) is 5.91 Å². The largest absolute Gasteiger partial charge is 0.379 e. The first-order chi connectivity index (χ1) is 14.0. The van der Waals surface area contributed by atoms with Gasteiger partial charge in [-0.25, -0.2) is 4.98 Å². The highest BCUT2D eigenvalue weighted by Gasteiger charge is 2.25. The number of fused-ring (bicyclic) bond motifs is 1. The maximum atomic E-state index is 13.4. The van der Waals surface area contributed by atoms with Gasteiger partial charge in [0.15, 0.2) is 10.8 Å². The van der Waals surface area contributed by atoms with Gasteiger partial charge in [-0.2, -0.15) is 5.10 Å². The molecule has 1 saturated heterocycles. The van der Waals surface area contributed by atoms with Crippen LogP contribution in [0.25, 0.3) is 10.2 Å². The van der Waals surface area contributed by atoms with Crippen molar-refractivity contribution in [3.05, 3.63) is 41.2 Å². The van der Waals surface area contributed by atoms with E-state index in [9.17, 15) is 4.79 Å². The first-order valence-corrected chi connectivity index (χ1v) is 10.9. The Balaban J connectivity index is 1.63. The Bertz CT molecular complexity index is 996. The predicted octanol–water partition coefficient (Wildman–Crippen LogP) is 3.71. The van der Waals surface area contributed by atoms with Crippen molar-refractivity contribution in [1.29, 1.82) is 0 Å². The Hall–Kier alpha value is -2.00. The molecule has 1 aliphatic heterocycles. The standard InChI is InChI=1S/C20H24ClN5O2S/c1-14(2)26-7-6-16(23-26)19(27)25(9-8-24-10-12-28-13-11-24)20-22-18-15(21)4-3-5-17(18)29-20/h3-7,14H,8-13H2,1-2H3. The second kappa shape index (κ2) is 8.79. The van der Waals surface area contributed by atoms with Gasteiger partial charge < -0.3 is 4.74 Å². The number of ether oxygens (including phenoxy) is 1. The van der Waals surface area contributed by atoms with Crippen molar-refractivity contribution in [3.63, 3.8) is 0 Å². The van der Waals surface area contributed by atoms with Gasteiger partial charge >= 0.3 is 0 Å². The minimum absolute atomic E-state index is 0.146. The fraction of sp³-hybridized carbons (Fsp3) is 0.450. The third-order valence-electron chi connectivity index (χ3n) is 4.93. The summed E-state index contributed by atoms with van der Waals surface area (Å²) in [6.07, 6.45) is 1.84. The van der Waals surface area contributed by atoms with E-state index in [1.54, 1.807) is 15.6 Å². The van der Waals surface area contributed by atoms with Gasteiger partial charge in [0.2, 0.25) is 0 Å². The maximum absolute atomic E-state index is 13.4. The van der Waals surface area contributed by atoms with Crippen molar-refractivity contribution < 1.29 is 9.53 Å². The molecule has 0 radical (unpaired) electrons. The Morgan fingerprint density at radius 3 is 2.79 bits per heavy atom. The Labute approximate surface area is 178 Å². The number of amides is 1. The van der Waals surface area contributed by atoms with Gasteiger partial charge in [0.05, 0.1) is 22.9 Å². The summed E-state index contributed by atoms with van der Waals surface area (Å²) in [6.45, 7) is 8.55. The van der Waals surface area contributed by atoms with Crippen molar-refractivity contribution in [3.8, 4) is 0 Å². The van der Waals surface area contributed by atoms with E-state index in [1.165, 1.54) is 11.3 Å². The first-order valence-electron chi connectivity index (χ1n) is 9.75. The number of para-hydroxylation sites is 1. The molecular formula is C20H24ClN5O2S. The topological polar surface area (TPSA) is 63.5 Å². The van der Waals surface area contributed by atoms with Crippen LogP contribution in [0.1, 0.15) is 30.4 Å². The van der Waals surface area contributed by atoms with Crippen molar-refractivity contribution in [2.24, 2.45) is 0 Å². The van der Waals surface area contributed by atoms with Crippen LogP contribution in [-0.4, -0.2) is 65.0 Å². The molecular weight excluding hydrogens is 410 g/mol.